The minimum Gasteiger partial charge on any atom is -0.309 e. The summed E-state index contributed by atoms with van der Waals surface area (Å²) >= 11 is 6.70. The Balaban J connectivity index is 2.11. The summed E-state index contributed by atoms with van der Waals surface area (Å²) in [6.45, 7) is 2.22. The predicted octanol–water partition coefficient (Wildman–Crippen LogP) is 3.17. The lowest BCUT2D eigenvalue weighted by atomic mass is 9.98. The molecule has 1 aliphatic heterocycles. The van der Waals surface area contributed by atoms with Crippen molar-refractivity contribution in [1.82, 2.24) is 9.21 Å². The molecule has 0 bridgehead atoms. The zero-order chi connectivity index (χ0) is 15.6. The maximum atomic E-state index is 12.7. The summed E-state index contributed by atoms with van der Waals surface area (Å²) in [7, 11) is 0.706. The minimum atomic E-state index is -3.41. The number of sulfonamides is 1. The van der Waals surface area contributed by atoms with E-state index in [2.05, 4.69) is 50.9 Å². The molecule has 0 aliphatic carbocycles. The van der Waals surface area contributed by atoms with Crippen molar-refractivity contribution in [2.75, 3.05) is 33.7 Å². The zero-order valence-electron chi connectivity index (χ0n) is 12.2. The second-order valence-electron chi connectivity index (χ2n) is 5.68. The molecule has 0 unspecified atom stereocenters. The summed E-state index contributed by atoms with van der Waals surface area (Å²) < 4.78 is 28.5. The number of halogens is 2. The smallest absolute Gasteiger partial charge is 0.244 e. The quantitative estimate of drug-likeness (QED) is 0.723. The van der Waals surface area contributed by atoms with Crippen molar-refractivity contribution in [3.8, 4) is 0 Å². The Bertz CT molecular complexity index is 597. The van der Waals surface area contributed by atoms with Crippen LogP contribution < -0.4 is 0 Å². The topological polar surface area (TPSA) is 40.6 Å². The molecular formula is C14H20Br2N2O2S. The Kier molecular flexibility index (Phi) is 5.87. The molecule has 21 heavy (non-hydrogen) atoms. The van der Waals surface area contributed by atoms with Gasteiger partial charge in [-0.2, -0.15) is 4.31 Å². The third-order valence-electron chi connectivity index (χ3n) is 3.71. The summed E-state index contributed by atoms with van der Waals surface area (Å²) in [5.74, 6) is 0.583. The monoisotopic (exact) mass is 438 g/mol. The van der Waals surface area contributed by atoms with E-state index in [0.29, 0.717) is 28.4 Å². The molecule has 0 spiro atoms. The SMILES string of the molecule is CN(C)CC1CCN(S(=O)(=O)c2ccc(Br)cc2Br)CC1. The van der Waals surface area contributed by atoms with Crippen molar-refractivity contribution in [3.05, 3.63) is 27.1 Å². The zero-order valence-corrected chi connectivity index (χ0v) is 16.2. The van der Waals surface area contributed by atoms with Crippen LogP contribution in [-0.4, -0.2) is 51.4 Å². The molecule has 2 rings (SSSR count). The molecule has 1 heterocycles. The maximum absolute atomic E-state index is 12.7. The van der Waals surface area contributed by atoms with Gasteiger partial charge in [0.1, 0.15) is 0 Å². The van der Waals surface area contributed by atoms with Crippen LogP contribution in [0, 0.1) is 5.92 Å². The Labute approximate surface area is 143 Å². The molecule has 0 N–H and O–H groups in total. The van der Waals surface area contributed by atoms with Crippen LogP contribution in [0.5, 0.6) is 0 Å². The Morgan fingerprint density at radius 3 is 2.38 bits per heavy atom. The highest BCUT2D eigenvalue weighted by atomic mass is 79.9. The van der Waals surface area contributed by atoms with Crippen LogP contribution >= 0.6 is 31.9 Å². The summed E-state index contributed by atoms with van der Waals surface area (Å²) in [6.07, 6.45) is 1.84. The number of benzene rings is 1. The van der Waals surface area contributed by atoms with Gasteiger partial charge in [-0.3, -0.25) is 0 Å². The van der Waals surface area contributed by atoms with Gasteiger partial charge in [0.05, 0.1) is 4.90 Å². The van der Waals surface area contributed by atoms with Gasteiger partial charge in [0.25, 0.3) is 0 Å². The first kappa shape index (κ1) is 17.4. The second kappa shape index (κ2) is 7.08. The van der Waals surface area contributed by atoms with E-state index in [1.165, 1.54) is 0 Å². The summed E-state index contributed by atoms with van der Waals surface area (Å²) in [6, 6.07) is 5.18. The average molecular weight is 440 g/mol. The molecule has 0 amide bonds. The number of nitrogens with zero attached hydrogens (tertiary/aromatic N) is 2. The van der Waals surface area contributed by atoms with E-state index in [1.54, 1.807) is 22.5 Å². The van der Waals surface area contributed by atoms with Gasteiger partial charge < -0.3 is 4.90 Å². The number of rotatable bonds is 4. The van der Waals surface area contributed by atoms with E-state index in [1.807, 2.05) is 0 Å². The average Bonchev–Trinajstić information content (AvgIpc) is 2.38. The fourth-order valence-corrected chi connectivity index (χ4v) is 5.85. The maximum Gasteiger partial charge on any atom is 0.244 e. The normalized spacial score (nSPS) is 18.3. The summed E-state index contributed by atoms with van der Waals surface area (Å²) in [5.41, 5.74) is 0. The van der Waals surface area contributed by atoms with Gasteiger partial charge in [-0.1, -0.05) is 15.9 Å². The van der Waals surface area contributed by atoms with Crippen LogP contribution in [0.1, 0.15) is 12.8 Å². The van der Waals surface area contributed by atoms with Crippen LogP contribution in [-0.2, 0) is 10.0 Å². The largest absolute Gasteiger partial charge is 0.309 e. The van der Waals surface area contributed by atoms with E-state index in [9.17, 15) is 8.42 Å². The molecule has 0 atom stereocenters. The van der Waals surface area contributed by atoms with E-state index < -0.39 is 10.0 Å². The highest BCUT2D eigenvalue weighted by Crippen LogP contribution is 2.30. The molecule has 0 saturated carbocycles. The minimum absolute atomic E-state index is 0.344. The molecule has 1 fully saturated rings. The van der Waals surface area contributed by atoms with Crippen molar-refractivity contribution >= 4 is 41.9 Å². The van der Waals surface area contributed by atoms with E-state index in [-0.39, 0.29) is 0 Å². The van der Waals surface area contributed by atoms with Crippen LogP contribution in [0.15, 0.2) is 32.0 Å². The van der Waals surface area contributed by atoms with E-state index in [4.69, 9.17) is 0 Å². The van der Waals surface area contributed by atoms with Crippen molar-refractivity contribution in [1.29, 1.82) is 0 Å². The fourth-order valence-electron chi connectivity index (χ4n) is 2.67. The molecular weight excluding hydrogens is 420 g/mol. The third kappa shape index (κ3) is 4.28. The van der Waals surface area contributed by atoms with Crippen molar-refractivity contribution in [2.24, 2.45) is 5.92 Å². The second-order valence-corrected chi connectivity index (χ2v) is 9.36. The molecule has 0 radical (unpaired) electrons. The first-order valence-electron chi connectivity index (χ1n) is 6.90. The van der Waals surface area contributed by atoms with Crippen molar-refractivity contribution < 1.29 is 8.42 Å². The predicted molar refractivity (Wildman–Crippen MR) is 91.9 cm³/mol. The molecule has 1 aliphatic rings. The molecule has 0 aromatic heterocycles. The summed E-state index contributed by atoms with van der Waals surface area (Å²) in [4.78, 5) is 2.51. The Morgan fingerprint density at radius 1 is 1.24 bits per heavy atom. The standard InChI is InChI=1S/C14H20Br2N2O2S/c1-17(2)10-11-5-7-18(8-6-11)21(19,20)14-4-3-12(15)9-13(14)16/h3-4,9,11H,5-8,10H2,1-2H3. The van der Waals surface area contributed by atoms with Crippen molar-refractivity contribution in [2.45, 2.75) is 17.7 Å². The van der Waals surface area contributed by atoms with Crippen LogP contribution in [0.3, 0.4) is 0 Å². The highest BCUT2D eigenvalue weighted by molar-refractivity contribution is 9.11. The van der Waals surface area contributed by atoms with Gasteiger partial charge in [-0.05, 0) is 67.0 Å². The molecule has 4 nitrogen and oxygen atoms in total. The summed E-state index contributed by atoms with van der Waals surface area (Å²) in [5, 5.41) is 0. The first-order chi connectivity index (χ1) is 9.80. The van der Waals surface area contributed by atoms with Crippen LogP contribution in [0.25, 0.3) is 0 Å². The third-order valence-corrected chi connectivity index (χ3v) is 7.08. The van der Waals surface area contributed by atoms with Gasteiger partial charge in [0, 0.05) is 28.6 Å². The number of hydrogen-bond donors (Lipinski definition) is 0. The van der Waals surface area contributed by atoms with Gasteiger partial charge in [0.15, 0.2) is 0 Å². The van der Waals surface area contributed by atoms with Gasteiger partial charge >= 0.3 is 0 Å². The number of hydrogen-bond acceptors (Lipinski definition) is 3. The van der Waals surface area contributed by atoms with Gasteiger partial charge in [-0.15, -0.1) is 0 Å². The molecule has 1 saturated heterocycles. The van der Waals surface area contributed by atoms with Gasteiger partial charge in [0.2, 0.25) is 10.0 Å². The lowest BCUT2D eigenvalue weighted by molar-refractivity contribution is 0.225. The first-order valence-corrected chi connectivity index (χ1v) is 9.93. The van der Waals surface area contributed by atoms with Crippen molar-refractivity contribution in [3.63, 3.8) is 0 Å². The molecule has 7 heteroatoms. The van der Waals surface area contributed by atoms with Crippen LogP contribution in [0.2, 0.25) is 0 Å². The number of piperidine rings is 1. The Morgan fingerprint density at radius 2 is 1.86 bits per heavy atom. The van der Waals surface area contributed by atoms with E-state index >= 15 is 0 Å². The molecule has 1 aromatic rings. The van der Waals surface area contributed by atoms with Crippen LogP contribution in [0.4, 0.5) is 0 Å². The lowest BCUT2D eigenvalue weighted by Gasteiger charge is -2.32. The van der Waals surface area contributed by atoms with Gasteiger partial charge in [-0.25, -0.2) is 8.42 Å². The lowest BCUT2D eigenvalue weighted by Crippen LogP contribution is -2.40. The Hall–Kier alpha value is 0.0500. The molecule has 1 aromatic carbocycles. The van der Waals surface area contributed by atoms with E-state index in [0.717, 1.165) is 23.9 Å². The highest BCUT2D eigenvalue weighted by Gasteiger charge is 2.30. The molecule has 118 valence electrons. The fraction of sp³-hybridized carbons (Fsp3) is 0.571.